The van der Waals surface area contributed by atoms with Gasteiger partial charge in [-0.15, -0.1) is 11.3 Å². The normalized spacial score (nSPS) is 19.3. The van der Waals surface area contributed by atoms with Crippen molar-refractivity contribution in [2.75, 3.05) is 13.1 Å². The summed E-state index contributed by atoms with van der Waals surface area (Å²) in [7, 11) is 0. The van der Waals surface area contributed by atoms with Gasteiger partial charge in [-0.05, 0) is 35.1 Å². The van der Waals surface area contributed by atoms with Crippen LogP contribution in [-0.4, -0.2) is 30.1 Å². The summed E-state index contributed by atoms with van der Waals surface area (Å²) in [5.41, 5.74) is 2.51. The Morgan fingerprint density at radius 1 is 1.32 bits per heavy atom. The van der Waals surface area contributed by atoms with E-state index in [4.69, 9.17) is 4.74 Å². The molecule has 0 saturated carbocycles. The van der Waals surface area contributed by atoms with E-state index in [1.165, 1.54) is 16.0 Å². The molecule has 114 valence electrons. The minimum Gasteiger partial charge on any atom is -0.488 e. The topological polar surface area (TPSA) is 41.6 Å². The van der Waals surface area contributed by atoms with Gasteiger partial charge in [0, 0.05) is 24.4 Å². The van der Waals surface area contributed by atoms with Gasteiger partial charge in [-0.2, -0.15) is 0 Å². The lowest BCUT2D eigenvalue weighted by Gasteiger charge is -2.27. The largest absolute Gasteiger partial charge is 0.488 e. The van der Waals surface area contributed by atoms with Crippen LogP contribution in [0.3, 0.4) is 0 Å². The third-order valence-corrected chi connectivity index (χ3v) is 5.31. The van der Waals surface area contributed by atoms with Gasteiger partial charge in [-0.1, -0.05) is 18.2 Å². The quantitative estimate of drug-likeness (QED) is 0.926. The van der Waals surface area contributed by atoms with E-state index in [9.17, 15) is 4.79 Å². The third-order valence-electron chi connectivity index (χ3n) is 4.29. The first-order valence-corrected chi connectivity index (χ1v) is 8.50. The molecule has 4 nitrogen and oxygen atoms in total. The molecule has 1 aromatic carbocycles. The molecule has 4 rings (SSSR count). The van der Waals surface area contributed by atoms with Crippen LogP contribution in [0, 0.1) is 0 Å². The highest BCUT2D eigenvalue weighted by Gasteiger charge is 2.25. The predicted octanol–water partition coefficient (Wildman–Crippen LogP) is 2.82. The lowest BCUT2D eigenvalue weighted by atomic mass is 10.1. The Hall–Kier alpha value is -2.01. The number of carbonyl (C=O) groups is 1. The SMILES string of the molecule is O=C(NCC1Cc2ccccc2O1)N1CCc2sccc2C1. The Balaban J connectivity index is 1.31. The first-order chi connectivity index (χ1) is 10.8. The zero-order valence-corrected chi connectivity index (χ0v) is 13.1. The molecule has 2 amide bonds. The molecule has 0 fully saturated rings. The number of rotatable bonds is 2. The number of carbonyl (C=O) groups excluding carboxylic acids is 1. The molecule has 1 aromatic heterocycles. The Kier molecular flexibility index (Phi) is 3.50. The number of hydrogen-bond donors (Lipinski definition) is 1. The van der Waals surface area contributed by atoms with E-state index in [0.29, 0.717) is 6.54 Å². The van der Waals surface area contributed by atoms with E-state index < -0.39 is 0 Å². The van der Waals surface area contributed by atoms with Gasteiger partial charge < -0.3 is 15.0 Å². The first-order valence-electron chi connectivity index (χ1n) is 7.62. The van der Waals surface area contributed by atoms with Crippen molar-refractivity contribution in [1.82, 2.24) is 10.2 Å². The van der Waals surface area contributed by atoms with E-state index in [1.807, 2.05) is 23.1 Å². The van der Waals surface area contributed by atoms with Crippen LogP contribution < -0.4 is 10.1 Å². The van der Waals surface area contributed by atoms with Gasteiger partial charge in [-0.3, -0.25) is 0 Å². The monoisotopic (exact) mass is 314 g/mol. The molecular formula is C17H18N2O2S. The van der Waals surface area contributed by atoms with E-state index in [0.717, 1.165) is 31.7 Å². The van der Waals surface area contributed by atoms with Gasteiger partial charge in [0.2, 0.25) is 0 Å². The average molecular weight is 314 g/mol. The van der Waals surface area contributed by atoms with Crippen LogP contribution in [0.15, 0.2) is 35.7 Å². The summed E-state index contributed by atoms with van der Waals surface area (Å²) in [5, 5.41) is 5.12. The molecule has 22 heavy (non-hydrogen) atoms. The number of nitrogens with one attached hydrogen (secondary N) is 1. The standard InChI is InChI=1S/C17H18N2O2S/c20-17(19-7-5-16-13(11-19)6-8-22-16)18-10-14-9-12-3-1-2-4-15(12)21-14/h1-4,6,8,14H,5,7,9-11H2,(H,18,20). The summed E-state index contributed by atoms with van der Waals surface area (Å²) in [6.07, 6.45) is 1.87. The minimum absolute atomic E-state index is 0.0106. The van der Waals surface area contributed by atoms with Gasteiger partial charge >= 0.3 is 6.03 Å². The molecule has 0 radical (unpaired) electrons. The van der Waals surface area contributed by atoms with Crippen LogP contribution in [0.25, 0.3) is 0 Å². The second-order valence-electron chi connectivity index (χ2n) is 5.78. The van der Waals surface area contributed by atoms with Crippen molar-refractivity contribution in [2.45, 2.75) is 25.5 Å². The van der Waals surface area contributed by atoms with Gasteiger partial charge in [0.25, 0.3) is 0 Å². The summed E-state index contributed by atoms with van der Waals surface area (Å²) in [5.74, 6) is 0.947. The van der Waals surface area contributed by atoms with Crippen LogP contribution >= 0.6 is 11.3 Å². The second-order valence-corrected chi connectivity index (χ2v) is 6.78. The zero-order chi connectivity index (χ0) is 14.9. The molecule has 2 aliphatic rings. The third kappa shape index (κ3) is 2.57. The Morgan fingerprint density at radius 3 is 3.14 bits per heavy atom. The first kappa shape index (κ1) is 13.6. The highest BCUT2D eigenvalue weighted by atomic mass is 32.1. The van der Waals surface area contributed by atoms with Crippen LogP contribution in [-0.2, 0) is 19.4 Å². The van der Waals surface area contributed by atoms with Gasteiger partial charge in [0.1, 0.15) is 11.9 Å². The molecular weight excluding hydrogens is 296 g/mol. The fourth-order valence-corrected chi connectivity index (χ4v) is 3.99. The van der Waals surface area contributed by atoms with Crippen molar-refractivity contribution in [3.8, 4) is 5.75 Å². The van der Waals surface area contributed by atoms with Gasteiger partial charge in [0.15, 0.2) is 0 Å². The molecule has 1 unspecified atom stereocenters. The lowest BCUT2D eigenvalue weighted by Crippen LogP contribution is -2.45. The van der Waals surface area contributed by atoms with Gasteiger partial charge in [-0.25, -0.2) is 4.79 Å². The van der Waals surface area contributed by atoms with Crippen molar-refractivity contribution in [3.63, 3.8) is 0 Å². The van der Waals surface area contributed by atoms with E-state index in [-0.39, 0.29) is 12.1 Å². The highest BCUT2D eigenvalue weighted by molar-refractivity contribution is 7.10. The van der Waals surface area contributed by atoms with Crippen molar-refractivity contribution >= 4 is 17.4 Å². The number of fused-ring (bicyclic) bond motifs is 2. The van der Waals surface area contributed by atoms with Crippen molar-refractivity contribution < 1.29 is 9.53 Å². The summed E-state index contributed by atoms with van der Waals surface area (Å²) < 4.78 is 5.86. The fourth-order valence-electron chi connectivity index (χ4n) is 3.10. The van der Waals surface area contributed by atoms with Crippen LogP contribution in [0.5, 0.6) is 5.75 Å². The number of para-hydroxylation sites is 1. The Labute approximate surface area is 133 Å². The molecule has 0 spiro atoms. The molecule has 5 heteroatoms. The second kappa shape index (κ2) is 5.65. The van der Waals surface area contributed by atoms with Gasteiger partial charge in [0.05, 0.1) is 6.54 Å². The molecule has 2 aliphatic heterocycles. The lowest BCUT2D eigenvalue weighted by molar-refractivity contribution is 0.180. The number of hydrogen-bond acceptors (Lipinski definition) is 3. The number of thiophene rings is 1. The van der Waals surface area contributed by atoms with Crippen LogP contribution in [0.2, 0.25) is 0 Å². The number of ether oxygens (including phenoxy) is 1. The number of amides is 2. The van der Waals surface area contributed by atoms with E-state index in [1.54, 1.807) is 11.3 Å². The van der Waals surface area contributed by atoms with Crippen molar-refractivity contribution in [1.29, 1.82) is 0 Å². The zero-order valence-electron chi connectivity index (χ0n) is 12.2. The number of benzene rings is 1. The van der Waals surface area contributed by atoms with E-state index >= 15 is 0 Å². The fraction of sp³-hybridized carbons (Fsp3) is 0.353. The maximum Gasteiger partial charge on any atom is 0.317 e. The summed E-state index contributed by atoms with van der Waals surface area (Å²) in [6.45, 7) is 2.07. The van der Waals surface area contributed by atoms with Crippen LogP contribution in [0.4, 0.5) is 4.79 Å². The molecule has 3 heterocycles. The molecule has 0 saturated heterocycles. The Morgan fingerprint density at radius 2 is 2.23 bits per heavy atom. The summed E-state index contributed by atoms with van der Waals surface area (Å²) >= 11 is 1.79. The average Bonchev–Trinajstić information content (AvgIpc) is 3.17. The van der Waals surface area contributed by atoms with Crippen LogP contribution in [0.1, 0.15) is 16.0 Å². The molecule has 1 atom stereocenters. The highest BCUT2D eigenvalue weighted by Crippen LogP contribution is 2.28. The Bertz CT molecular complexity index is 672. The maximum atomic E-state index is 12.3. The molecule has 1 N–H and O–H groups in total. The smallest absolute Gasteiger partial charge is 0.317 e. The van der Waals surface area contributed by atoms with E-state index in [2.05, 4.69) is 22.8 Å². The predicted molar refractivity (Wildman–Crippen MR) is 86.4 cm³/mol. The molecule has 0 bridgehead atoms. The van der Waals surface area contributed by atoms with Crippen molar-refractivity contribution in [2.24, 2.45) is 0 Å². The van der Waals surface area contributed by atoms with Crippen molar-refractivity contribution in [3.05, 3.63) is 51.7 Å². The number of nitrogens with zero attached hydrogens (tertiary/aromatic N) is 1. The number of urea groups is 1. The molecule has 0 aliphatic carbocycles. The maximum absolute atomic E-state index is 12.3. The summed E-state index contributed by atoms with van der Waals surface area (Å²) in [4.78, 5) is 15.6. The summed E-state index contributed by atoms with van der Waals surface area (Å²) in [6, 6.07) is 10.2. The molecule has 2 aromatic rings. The minimum atomic E-state index is 0.0106.